The Morgan fingerprint density at radius 2 is 2.08 bits per heavy atom. The van der Waals surface area contributed by atoms with Crippen LogP contribution in [-0.2, 0) is 16.0 Å². The minimum Gasteiger partial charge on any atom is -0.324 e. The van der Waals surface area contributed by atoms with Crippen LogP contribution in [0.3, 0.4) is 0 Å². The van der Waals surface area contributed by atoms with Crippen LogP contribution >= 0.6 is 0 Å². The zero-order chi connectivity index (χ0) is 17.4. The van der Waals surface area contributed by atoms with Crippen molar-refractivity contribution in [3.8, 4) is 0 Å². The van der Waals surface area contributed by atoms with E-state index in [9.17, 15) is 9.59 Å². The van der Waals surface area contributed by atoms with E-state index in [1.165, 1.54) is 6.33 Å². The van der Waals surface area contributed by atoms with E-state index < -0.39 is 11.8 Å². The SMILES string of the molecule is Cc1cccc2c1CCN2C(=O)C(=O)N1CCCC[C@@H]1c1ncn[nH]1. The molecule has 1 fully saturated rings. The molecule has 2 aliphatic heterocycles. The molecule has 1 aromatic heterocycles. The first-order valence-electron chi connectivity index (χ1n) is 8.73. The van der Waals surface area contributed by atoms with E-state index in [4.69, 9.17) is 0 Å². The topological polar surface area (TPSA) is 82.2 Å². The summed E-state index contributed by atoms with van der Waals surface area (Å²) in [5.41, 5.74) is 3.19. The molecule has 4 rings (SSSR count). The third-order valence-corrected chi connectivity index (χ3v) is 5.20. The number of aromatic amines is 1. The Balaban J connectivity index is 1.58. The van der Waals surface area contributed by atoms with Crippen molar-refractivity contribution in [3.63, 3.8) is 0 Å². The highest BCUT2D eigenvalue weighted by molar-refractivity contribution is 6.40. The Bertz CT molecular complexity index is 802. The molecule has 130 valence electrons. The van der Waals surface area contributed by atoms with Gasteiger partial charge in [0.1, 0.15) is 12.2 Å². The number of aromatic nitrogens is 3. The Labute approximate surface area is 146 Å². The molecule has 2 amide bonds. The normalized spacial score (nSPS) is 19.8. The lowest BCUT2D eigenvalue weighted by atomic mass is 10.0. The van der Waals surface area contributed by atoms with Crippen molar-refractivity contribution in [1.82, 2.24) is 20.1 Å². The molecule has 0 saturated carbocycles. The van der Waals surface area contributed by atoms with E-state index in [1.807, 2.05) is 25.1 Å². The third kappa shape index (κ3) is 2.69. The highest BCUT2D eigenvalue weighted by Gasteiger charge is 2.37. The van der Waals surface area contributed by atoms with Crippen LogP contribution < -0.4 is 4.90 Å². The smallest absolute Gasteiger partial charge is 0.316 e. The zero-order valence-electron chi connectivity index (χ0n) is 14.2. The summed E-state index contributed by atoms with van der Waals surface area (Å²) < 4.78 is 0. The first-order valence-corrected chi connectivity index (χ1v) is 8.73. The predicted octanol–water partition coefficient (Wildman–Crippen LogP) is 1.76. The number of carbonyl (C=O) groups excluding carboxylic acids is 2. The number of piperidine rings is 1. The first-order chi connectivity index (χ1) is 12.2. The maximum atomic E-state index is 13.0. The van der Waals surface area contributed by atoms with Gasteiger partial charge in [-0.15, -0.1) is 0 Å². The van der Waals surface area contributed by atoms with Crippen molar-refractivity contribution in [2.24, 2.45) is 0 Å². The zero-order valence-corrected chi connectivity index (χ0v) is 14.2. The van der Waals surface area contributed by atoms with Crippen molar-refractivity contribution in [2.45, 2.75) is 38.6 Å². The van der Waals surface area contributed by atoms with E-state index in [0.717, 1.165) is 42.5 Å². The minimum absolute atomic E-state index is 0.202. The first kappa shape index (κ1) is 15.8. The van der Waals surface area contributed by atoms with Crippen molar-refractivity contribution < 1.29 is 9.59 Å². The summed E-state index contributed by atoms with van der Waals surface area (Å²) in [5, 5.41) is 6.73. The summed E-state index contributed by atoms with van der Waals surface area (Å²) in [4.78, 5) is 33.3. The number of amides is 2. The van der Waals surface area contributed by atoms with Crippen LogP contribution in [0, 0.1) is 6.92 Å². The van der Waals surface area contributed by atoms with Gasteiger partial charge < -0.3 is 9.80 Å². The van der Waals surface area contributed by atoms with E-state index in [-0.39, 0.29) is 6.04 Å². The third-order valence-electron chi connectivity index (χ3n) is 5.20. The molecule has 1 saturated heterocycles. The number of hydrogen-bond acceptors (Lipinski definition) is 4. The predicted molar refractivity (Wildman–Crippen MR) is 91.9 cm³/mol. The number of H-pyrrole nitrogens is 1. The lowest BCUT2D eigenvalue weighted by Gasteiger charge is -2.34. The molecule has 1 atom stereocenters. The molecule has 0 unspecified atom stereocenters. The fourth-order valence-corrected chi connectivity index (χ4v) is 3.89. The maximum Gasteiger partial charge on any atom is 0.316 e. The van der Waals surface area contributed by atoms with Crippen molar-refractivity contribution in [3.05, 3.63) is 41.5 Å². The summed E-state index contributed by atoms with van der Waals surface area (Å²) in [7, 11) is 0. The monoisotopic (exact) mass is 339 g/mol. The van der Waals surface area contributed by atoms with Gasteiger partial charge in [0.15, 0.2) is 0 Å². The van der Waals surface area contributed by atoms with Gasteiger partial charge in [0, 0.05) is 18.8 Å². The van der Waals surface area contributed by atoms with Crippen LogP contribution in [0.5, 0.6) is 0 Å². The van der Waals surface area contributed by atoms with Gasteiger partial charge in [0.25, 0.3) is 0 Å². The van der Waals surface area contributed by atoms with Gasteiger partial charge >= 0.3 is 11.8 Å². The molecule has 0 spiro atoms. The van der Waals surface area contributed by atoms with Gasteiger partial charge in [0.2, 0.25) is 0 Å². The summed E-state index contributed by atoms with van der Waals surface area (Å²) in [5.74, 6) is -0.246. The Kier molecular flexibility index (Phi) is 3.99. The second-order valence-electron chi connectivity index (χ2n) is 6.66. The van der Waals surface area contributed by atoms with Gasteiger partial charge in [0.05, 0.1) is 6.04 Å². The van der Waals surface area contributed by atoms with Crippen molar-refractivity contribution >= 4 is 17.5 Å². The molecule has 2 aliphatic rings. The number of benzene rings is 1. The standard InChI is InChI=1S/C18H21N5O2/c1-12-5-4-7-14-13(12)8-10-23(14)18(25)17(24)22-9-3-2-6-15(22)16-19-11-20-21-16/h4-5,7,11,15H,2-3,6,8-10H2,1H3,(H,19,20,21)/t15-/m1/s1. The highest BCUT2D eigenvalue weighted by atomic mass is 16.2. The Morgan fingerprint density at radius 1 is 1.20 bits per heavy atom. The van der Waals surface area contributed by atoms with Gasteiger partial charge in [-0.05, 0) is 49.8 Å². The quantitative estimate of drug-likeness (QED) is 0.803. The number of anilines is 1. The van der Waals surface area contributed by atoms with Crippen LogP contribution in [0.4, 0.5) is 5.69 Å². The summed E-state index contributed by atoms with van der Waals surface area (Å²) in [6, 6.07) is 5.69. The largest absolute Gasteiger partial charge is 0.324 e. The van der Waals surface area contributed by atoms with E-state index in [1.54, 1.807) is 9.80 Å². The average molecular weight is 339 g/mol. The molecule has 0 radical (unpaired) electrons. The lowest BCUT2D eigenvalue weighted by molar-refractivity contribution is -0.147. The van der Waals surface area contributed by atoms with Crippen LogP contribution in [0.25, 0.3) is 0 Å². The van der Waals surface area contributed by atoms with Gasteiger partial charge in [-0.2, -0.15) is 5.10 Å². The molecule has 0 aliphatic carbocycles. The minimum atomic E-state index is -0.449. The Hall–Kier alpha value is -2.70. The number of hydrogen-bond donors (Lipinski definition) is 1. The molecule has 0 bridgehead atoms. The molecule has 7 heteroatoms. The number of nitrogens with zero attached hydrogens (tertiary/aromatic N) is 4. The van der Waals surface area contributed by atoms with E-state index >= 15 is 0 Å². The second kappa shape index (κ2) is 6.31. The number of aryl methyl sites for hydroxylation is 1. The molecular weight excluding hydrogens is 318 g/mol. The van der Waals surface area contributed by atoms with E-state index in [0.29, 0.717) is 18.9 Å². The maximum absolute atomic E-state index is 13.0. The number of carbonyl (C=O) groups is 2. The summed E-state index contributed by atoms with van der Waals surface area (Å²) in [6.07, 6.45) is 4.94. The highest BCUT2D eigenvalue weighted by Crippen LogP contribution is 2.32. The van der Waals surface area contributed by atoms with E-state index in [2.05, 4.69) is 15.2 Å². The van der Waals surface area contributed by atoms with Crippen molar-refractivity contribution in [1.29, 1.82) is 0 Å². The van der Waals surface area contributed by atoms with Crippen LogP contribution in [0.15, 0.2) is 24.5 Å². The van der Waals surface area contributed by atoms with Gasteiger partial charge in [-0.3, -0.25) is 14.7 Å². The molecule has 1 N–H and O–H groups in total. The van der Waals surface area contributed by atoms with Gasteiger partial charge in [-0.1, -0.05) is 12.1 Å². The number of nitrogens with one attached hydrogen (secondary N) is 1. The summed E-state index contributed by atoms with van der Waals surface area (Å²) >= 11 is 0. The lowest BCUT2D eigenvalue weighted by Crippen LogP contribution is -2.48. The average Bonchev–Trinajstić information content (AvgIpc) is 3.31. The molecule has 2 aromatic rings. The summed E-state index contributed by atoms with van der Waals surface area (Å²) in [6.45, 7) is 3.18. The molecular formula is C18H21N5O2. The van der Waals surface area contributed by atoms with Crippen LogP contribution in [0.1, 0.15) is 42.3 Å². The fourth-order valence-electron chi connectivity index (χ4n) is 3.89. The second-order valence-corrected chi connectivity index (χ2v) is 6.66. The van der Waals surface area contributed by atoms with Gasteiger partial charge in [-0.25, -0.2) is 4.98 Å². The number of fused-ring (bicyclic) bond motifs is 1. The molecule has 1 aromatic carbocycles. The number of likely N-dealkylation sites (tertiary alicyclic amines) is 1. The van der Waals surface area contributed by atoms with Crippen LogP contribution in [0.2, 0.25) is 0 Å². The van der Waals surface area contributed by atoms with Crippen LogP contribution in [-0.4, -0.2) is 45.0 Å². The number of rotatable bonds is 1. The Morgan fingerprint density at radius 3 is 2.88 bits per heavy atom. The molecule has 3 heterocycles. The molecule has 7 nitrogen and oxygen atoms in total. The fraction of sp³-hybridized carbons (Fsp3) is 0.444. The van der Waals surface area contributed by atoms with Crippen molar-refractivity contribution in [2.75, 3.05) is 18.0 Å². The molecule has 25 heavy (non-hydrogen) atoms.